The Bertz CT molecular complexity index is 479. The predicted octanol–water partition coefficient (Wildman–Crippen LogP) is 3.47. The van der Waals surface area contributed by atoms with Gasteiger partial charge in [-0.25, -0.2) is 0 Å². The minimum Gasteiger partial charge on any atom is -0.508 e. The normalized spacial score (nSPS) is 17.8. The molecule has 1 aliphatic heterocycles. The van der Waals surface area contributed by atoms with Gasteiger partial charge in [0.05, 0.1) is 6.04 Å². The highest BCUT2D eigenvalue weighted by Gasteiger charge is 2.22. The van der Waals surface area contributed by atoms with Crippen molar-refractivity contribution in [3.05, 3.63) is 29.8 Å². The van der Waals surface area contributed by atoms with Crippen molar-refractivity contribution in [1.29, 1.82) is 0 Å². The highest BCUT2D eigenvalue weighted by Crippen LogP contribution is 2.23. The zero-order valence-electron chi connectivity index (χ0n) is 14.4. The number of carbonyl (C=O) groups is 1. The molecule has 1 amide bonds. The van der Waals surface area contributed by atoms with Gasteiger partial charge in [-0.05, 0) is 68.9 Å². The van der Waals surface area contributed by atoms with E-state index in [0.29, 0.717) is 12.3 Å². The topological polar surface area (TPSA) is 52.6 Å². The molecular weight excluding hydrogens is 288 g/mol. The molecule has 1 heterocycles. The zero-order valence-corrected chi connectivity index (χ0v) is 14.4. The first-order valence-electron chi connectivity index (χ1n) is 8.93. The number of phenolic OH excluding ortho intramolecular Hbond substituents is 1. The fraction of sp³-hybridized carbons (Fsp3) is 0.632. The van der Waals surface area contributed by atoms with Crippen LogP contribution in [0.25, 0.3) is 0 Å². The predicted molar refractivity (Wildman–Crippen MR) is 93.4 cm³/mol. The quantitative estimate of drug-likeness (QED) is 0.809. The van der Waals surface area contributed by atoms with Crippen molar-refractivity contribution in [3.8, 4) is 5.75 Å². The number of piperidine rings is 1. The molecule has 128 valence electrons. The van der Waals surface area contributed by atoms with Crippen LogP contribution in [0.4, 0.5) is 0 Å². The Kier molecular flexibility index (Phi) is 6.90. The molecule has 0 radical (unpaired) electrons. The van der Waals surface area contributed by atoms with Crippen LogP contribution in [0, 0.1) is 5.92 Å². The fourth-order valence-electron chi connectivity index (χ4n) is 3.37. The first kappa shape index (κ1) is 17.8. The number of carbonyl (C=O) groups excluding carboxylic acids is 1. The number of hydrogen-bond donors (Lipinski definition) is 2. The van der Waals surface area contributed by atoms with E-state index in [1.165, 1.54) is 13.0 Å². The number of benzene rings is 1. The monoisotopic (exact) mass is 318 g/mol. The lowest BCUT2D eigenvalue weighted by Gasteiger charge is -2.31. The lowest BCUT2D eigenvalue weighted by molar-refractivity contribution is -0.123. The van der Waals surface area contributed by atoms with E-state index < -0.39 is 0 Å². The van der Waals surface area contributed by atoms with Gasteiger partial charge >= 0.3 is 0 Å². The smallest absolute Gasteiger partial charge is 0.220 e. The van der Waals surface area contributed by atoms with E-state index in [1.807, 2.05) is 12.1 Å². The molecule has 0 bridgehead atoms. The number of nitrogens with one attached hydrogen (secondary N) is 1. The van der Waals surface area contributed by atoms with Crippen LogP contribution in [0.3, 0.4) is 0 Å². The molecule has 4 nitrogen and oxygen atoms in total. The molecule has 1 saturated heterocycles. The Morgan fingerprint density at radius 3 is 2.48 bits per heavy atom. The summed E-state index contributed by atoms with van der Waals surface area (Å²) in [4.78, 5) is 14.9. The molecule has 1 aliphatic rings. The summed E-state index contributed by atoms with van der Waals surface area (Å²) in [6, 6.07) is 7.14. The zero-order chi connectivity index (χ0) is 16.7. The molecule has 0 aromatic heterocycles. The molecule has 2 N–H and O–H groups in total. The number of rotatable bonds is 7. The van der Waals surface area contributed by atoms with Crippen molar-refractivity contribution in [2.24, 2.45) is 5.92 Å². The minimum atomic E-state index is 0.0308. The third kappa shape index (κ3) is 5.54. The standard InChI is InChI=1S/C19H30N2O2/c1-3-11-21-12-9-15(10-13-21)14-19(23)20-18(4-2)16-5-7-17(22)8-6-16/h5-8,15,18,22H,3-4,9-14H2,1-2H3,(H,20,23)/t18-/m1/s1. The van der Waals surface area contributed by atoms with Crippen molar-refractivity contribution in [1.82, 2.24) is 10.2 Å². The van der Waals surface area contributed by atoms with Gasteiger partial charge in [0, 0.05) is 6.42 Å². The maximum absolute atomic E-state index is 12.4. The van der Waals surface area contributed by atoms with Crippen LogP contribution in [-0.4, -0.2) is 35.5 Å². The number of amides is 1. The van der Waals surface area contributed by atoms with Gasteiger partial charge in [0.25, 0.3) is 0 Å². The molecule has 2 rings (SSSR count). The molecule has 1 aromatic rings. The average Bonchev–Trinajstić information content (AvgIpc) is 2.56. The number of hydrogen-bond acceptors (Lipinski definition) is 3. The van der Waals surface area contributed by atoms with Crippen LogP contribution in [0.15, 0.2) is 24.3 Å². The van der Waals surface area contributed by atoms with E-state index in [4.69, 9.17) is 0 Å². The molecule has 0 saturated carbocycles. The second-order valence-corrected chi connectivity index (χ2v) is 6.61. The van der Waals surface area contributed by atoms with E-state index >= 15 is 0 Å². The molecule has 1 aromatic carbocycles. The summed E-state index contributed by atoms with van der Waals surface area (Å²) in [5, 5.41) is 12.5. The molecule has 0 spiro atoms. The van der Waals surface area contributed by atoms with E-state index in [-0.39, 0.29) is 17.7 Å². The first-order chi connectivity index (χ1) is 11.1. The van der Waals surface area contributed by atoms with E-state index in [1.54, 1.807) is 12.1 Å². The summed E-state index contributed by atoms with van der Waals surface area (Å²) in [5.41, 5.74) is 1.05. The highest BCUT2D eigenvalue weighted by atomic mass is 16.3. The van der Waals surface area contributed by atoms with E-state index in [9.17, 15) is 9.90 Å². The van der Waals surface area contributed by atoms with E-state index in [0.717, 1.165) is 37.9 Å². The van der Waals surface area contributed by atoms with Gasteiger partial charge in [-0.15, -0.1) is 0 Å². The summed E-state index contributed by atoms with van der Waals surface area (Å²) in [6.07, 6.45) is 4.95. The van der Waals surface area contributed by atoms with Crippen molar-refractivity contribution in [2.45, 2.75) is 52.0 Å². The largest absolute Gasteiger partial charge is 0.508 e. The van der Waals surface area contributed by atoms with Gasteiger partial charge in [0.2, 0.25) is 5.91 Å². The molecule has 0 aliphatic carbocycles. The minimum absolute atomic E-state index is 0.0308. The number of likely N-dealkylation sites (tertiary alicyclic amines) is 1. The van der Waals surface area contributed by atoms with Crippen molar-refractivity contribution >= 4 is 5.91 Å². The Morgan fingerprint density at radius 1 is 1.26 bits per heavy atom. The molecule has 1 atom stereocenters. The van der Waals surface area contributed by atoms with Crippen molar-refractivity contribution in [2.75, 3.05) is 19.6 Å². The van der Waals surface area contributed by atoms with Gasteiger partial charge in [-0.3, -0.25) is 4.79 Å². The molecule has 23 heavy (non-hydrogen) atoms. The third-order valence-electron chi connectivity index (χ3n) is 4.76. The van der Waals surface area contributed by atoms with Gasteiger partial charge in [-0.1, -0.05) is 26.0 Å². The first-order valence-corrected chi connectivity index (χ1v) is 8.93. The SMILES string of the molecule is CCCN1CCC(CC(=O)N[C@H](CC)c2ccc(O)cc2)CC1. The fourth-order valence-corrected chi connectivity index (χ4v) is 3.37. The Hall–Kier alpha value is -1.55. The Morgan fingerprint density at radius 2 is 1.91 bits per heavy atom. The van der Waals surface area contributed by atoms with Gasteiger partial charge < -0.3 is 15.3 Å². The molecular formula is C19H30N2O2. The summed E-state index contributed by atoms with van der Waals surface area (Å²) < 4.78 is 0. The van der Waals surface area contributed by atoms with Gasteiger partial charge in [0.15, 0.2) is 0 Å². The number of phenols is 1. The van der Waals surface area contributed by atoms with Crippen LogP contribution >= 0.6 is 0 Å². The second kappa shape index (κ2) is 8.92. The average molecular weight is 318 g/mol. The summed E-state index contributed by atoms with van der Waals surface area (Å²) in [5.74, 6) is 0.924. The van der Waals surface area contributed by atoms with Crippen LogP contribution in [0.5, 0.6) is 5.75 Å². The lowest BCUT2D eigenvalue weighted by atomic mass is 9.92. The summed E-state index contributed by atoms with van der Waals surface area (Å²) in [6.45, 7) is 7.72. The maximum atomic E-state index is 12.4. The summed E-state index contributed by atoms with van der Waals surface area (Å²) >= 11 is 0. The number of aromatic hydroxyl groups is 1. The second-order valence-electron chi connectivity index (χ2n) is 6.61. The molecule has 1 fully saturated rings. The van der Waals surface area contributed by atoms with Crippen LogP contribution in [0.2, 0.25) is 0 Å². The van der Waals surface area contributed by atoms with Gasteiger partial charge in [-0.2, -0.15) is 0 Å². The van der Waals surface area contributed by atoms with Crippen LogP contribution in [-0.2, 0) is 4.79 Å². The van der Waals surface area contributed by atoms with Crippen molar-refractivity contribution < 1.29 is 9.90 Å². The van der Waals surface area contributed by atoms with Crippen molar-refractivity contribution in [3.63, 3.8) is 0 Å². The van der Waals surface area contributed by atoms with E-state index in [2.05, 4.69) is 24.1 Å². The Balaban J connectivity index is 1.80. The van der Waals surface area contributed by atoms with Crippen LogP contribution < -0.4 is 5.32 Å². The lowest BCUT2D eigenvalue weighted by Crippen LogP contribution is -2.36. The summed E-state index contributed by atoms with van der Waals surface area (Å²) in [7, 11) is 0. The molecule has 0 unspecified atom stereocenters. The molecule has 4 heteroatoms. The van der Waals surface area contributed by atoms with Gasteiger partial charge in [0.1, 0.15) is 5.75 Å². The third-order valence-corrected chi connectivity index (χ3v) is 4.76. The van der Waals surface area contributed by atoms with Crippen LogP contribution in [0.1, 0.15) is 57.6 Å². The highest BCUT2D eigenvalue weighted by molar-refractivity contribution is 5.76. The Labute approximate surface area is 139 Å². The number of nitrogens with zero attached hydrogens (tertiary/aromatic N) is 1. The maximum Gasteiger partial charge on any atom is 0.220 e.